The molecule has 0 aliphatic carbocycles. The summed E-state index contributed by atoms with van der Waals surface area (Å²) >= 11 is 12.4. The van der Waals surface area contributed by atoms with E-state index in [2.05, 4.69) is 16.8 Å². The van der Waals surface area contributed by atoms with Gasteiger partial charge in [0, 0.05) is 30.9 Å². The second kappa shape index (κ2) is 5.35. The number of likely N-dealkylation sites (tertiary alicyclic amines) is 1. The fourth-order valence-electron chi connectivity index (χ4n) is 2.00. The van der Waals surface area contributed by atoms with Crippen molar-refractivity contribution in [1.29, 1.82) is 0 Å². The average Bonchev–Trinajstić information content (AvgIpc) is 2.27. The van der Waals surface area contributed by atoms with Crippen LogP contribution in [0.4, 0.5) is 0 Å². The van der Waals surface area contributed by atoms with Gasteiger partial charge in [-0.25, -0.2) is 0 Å². The first-order valence-electron chi connectivity index (χ1n) is 5.61. The highest BCUT2D eigenvalue weighted by Gasteiger charge is 2.24. The van der Waals surface area contributed by atoms with Gasteiger partial charge in [0.2, 0.25) is 0 Å². The second-order valence-electron chi connectivity index (χ2n) is 4.48. The van der Waals surface area contributed by atoms with E-state index in [9.17, 15) is 0 Å². The van der Waals surface area contributed by atoms with Crippen LogP contribution in [0.25, 0.3) is 0 Å². The van der Waals surface area contributed by atoms with Crippen molar-refractivity contribution in [1.82, 2.24) is 9.88 Å². The molecule has 0 radical (unpaired) electrons. The van der Waals surface area contributed by atoms with E-state index in [0.29, 0.717) is 5.92 Å². The lowest BCUT2D eigenvalue weighted by Crippen LogP contribution is -2.39. The molecule has 1 aromatic heterocycles. The summed E-state index contributed by atoms with van der Waals surface area (Å²) in [5.41, 5.74) is 1.13. The number of hydrogen-bond donors (Lipinski definition) is 0. The van der Waals surface area contributed by atoms with E-state index in [1.54, 1.807) is 12.4 Å². The largest absolute Gasteiger partial charge is 0.298 e. The third-order valence-electron chi connectivity index (χ3n) is 3.20. The van der Waals surface area contributed by atoms with E-state index in [4.69, 9.17) is 23.2 Å². The minimum Gasteiger partial charge on any atom is -0.298 e. The lowest BCUT2D eigenvalue weighted by atomic mass is 9.98. The zero-order chi connectivity index (χ0) is 11.5. The lowest BCUT2D eigenvalue weighted by Gasteiger charge is -2.34. The van der Waals surface area contributed by atoms with Crippen molar-refractivity contribution < 1.29 is 0 Å². The predicted octanol–water partition coefficient (Wildman–Crippen LogP) is 3.18. The molecule has 2 nitrogen and oxygen atoms in total. The van der Waals surface area contributed by atoms with E-state index >= 15 is 0 Å². The summed E-state index contributed by atoms with van der Waals surface area (Å²) in [4.78, 5) is 6.35. The molecule has 16 heavy (non-hydrogen) atoms. The Labute approximate surface area is 107 Å². The molecule has 0 amide bonds. The highest BCUT2D eigenvalue weighted by molar-refractivity contribution is 6.31. The van der Waals surface area contributed by atoms with Gasteiger partial charge in [-0.3, -0.25) is 9.88 Å². The SMILES string of the molecule is CC1CCN(Cc2ccncc2Cl)CC1Cl. The third-order valence-corrected chi connectivity index (χ3v) is 4.11. The Morgan fingerprint density at radius 2 is 2.38 bits per heavy atom. The van der Waals surface area contributed by atoms with E-state index in [-0.39, 0.29) is 5.38 Å². The number of halogens is 2. The van der Waals surface area contributed by atoms with Crippen LogP contribution in [-0.2, 0) is 6.54 Å². The molecule has 1 aliphatic heterocycles. The Balaban J connectivity index is 1.98. The van der Waals surface area contributed by atoms with Gasteiger partial charge >= 0.3 is 0 Å². The first-order chi connectivity index (χ1) is 7.66. The van der Waals surface area contributed by atoms with Crippen LogP contribution in [0.2, 0.25) is 5.02 Å². The molecule has 2 rings (SSSR count). The van der Waals surface area contributed by atoms with E-state index in [1.807, 2.05) is 6.07 Å². The predicted molar refractivity (Wildman–Crippen MR) is 67.9 cm³/mol. The average molecular weight is 259 g/mol. The zero-order valence-corrected chi connectivity index (χ0v) is 10.9. The number of nitrogens with zero attached hydrogens (tertiary/aromatic N) is 2. The molecule has 1 aromatic rings. The van der Waals surface area contributed by atoms with E-state index in [0.717, 1.165) is 36.6 Å². The smallest absolute Gasteiger partial charge is 0.0634 e. The number of rotatable bonds is 2. The van der Waals surface area contributed by atoms with E-state index in [1.165, 1.54) is 0 Å². The standard InChI is InChI=1S/C12H16Cl2N2/c1-9-3-5-16(8-12(9)14)7-10-2-4-15-6-11(10)13/h2,4,6,9,12H,3,5,7-8H2,1H3. The van der Waals surface area contributed by atoms with Gasteiger partial charge in [0.1, 0.15) is 0 Å². The molecule has 0 N–H and O–H groups in total. The molecule has 0 spiro atoms. The van der Waals surface area contributed by atoms with Crippen LogP contribution in [0.15, 0.2) is 18.5 Å². The molecule has 0 bridgehead atoms. The van der Waals surface area contributed by atoms with Gasteiger partial charge in [-0.1, -0.05) is 18.5 Å². The highest BCUT2D eigenvalue weighted by atomic mass is 35.5. The fraction of sp³-hybridized carbons (Fsp3) is 0.583. The van der Waals surface area contributed by atoms with Gasteiger partial charge in [-0.05, 0) is 30.5 Å². The number of piperidine rings is 1. The maximum absolute atomic E-state index is 6.28. The molecule has 0 saturated carbocycles. The summed E-state index contributed by atoms with van der Waals surface area (Å²) in [6.07, 6.45) is 4.64. The third kappa shape index (κ3) is 2.88. The minimum atomic E-state index is 0.259. The summed E-state index contributed by atoms with van der Waals surface area (Å²) in [6.45, 7) is 5.14. The van der Waals surface area contributed by atoms with Crippen LogP contribution in [0.1, 0.15) is 18.9 Å². The Morgan fingerprint density at radius 1 is 1.56 bits per heavy atom. The summed E-state index contributed by atoms with van der Waals surface area (Å²) < 4.78 is 0. The van der Waals surface area contributed by atoms with Crippen molar-refractivity contribution in [2.75, 3.05) is 13.1 Å². The van der Waals surface area contributed by atoms with Crippen molar-refractivity contribution in [2.24, 2.45) is 5.92 Å². The Hall–Kier alpha value is -0.310. The van der Waals surface area contributed by atoms with Crippen LogP contribution in [0, 0.1) is 5.92 Å². The molecule has 2 atom stereocenters. The summed E-state index contributed by atoms with van der Waals surface area (Å²) in [5, 5.41) is 1.00. The monoisotopic (exact) mass is 258 g/mol. The molecule has 1 saturated heterocycles. The molecule has 88 valence electrons. The fourth-order valence-corrected chi connectivity index (χ4v) is 2.50. The summed E-state index contributed by atoms with van der Waals surface area (Å²) in [6, 6.07) is 1.98. The van der Waals surface area contributed by atoms with Crippen molar-refractivity contribution >= 4 is 23.2 Å². The Bertz CT molecular complexity index is 357. The van der Waals surface area contributed by atoms with Crippen LogP contribution in [0.5, 0.6) is 0 Å². The number of alkyl halides is 1. The Morgan fingerprint density at radius 3 is 3.06 bits per heavy atom. The van der Waals surface area contributed by atoms with Crippen LogP contribution < -0.4 is 0 Å². The lowest BCUT2D eigenvalue weighted by molar-refractivity contribution is 0.189. The molecular weight excluding hydrogens is 243 g/mol. The summed E-state index contributed by atoms with van der Waals surface area (Å²) in [7, 11) is 0. The minimum absolute atomic E-state index is 0.259. The van der Waals surface area contributed by atoms with Gasteiger partial charge in [0.05, 0.1) is 5.02 Å². The summed E-state index contributed by atoms with van der Waals surface area (Å²) in [5.74, 6) is 0.617. The molecular formula is C12H16Cl2N2. The molecule has 2 unspecified atom stereocenters. The van der Waals surface area contributed by atoms with Crippen LogP contribution in [-0.4, -0.2) is 28.4 Å². The van der Waals surface area contributed by atoms with Gasteiger partial charge in [0.25, 0.3) is 0 Å². The number of aromatic nitrogens is 1. The maximum Gasteiger partial charge on any atom is 0.0634 e. The van der Waals surface area contributed by atoms with Crippen LogP contribution >= 0.6 is 23.2 Å². The van der Waals surface area contributed by atoms with Crippen molar-refractivity contribution in [3.8, 4) is 0 Å². The molecule has 4 heteroatoms. The number of hydrogen-bond acceptors (Lipinski definition) is 2. The topological polar surface area (TPSA) is 16.1 Å². The van der Waals surface area contributed by atoms with Crippen molar-refractivity contribution in [2.45, 2.75) is 25.3 Å². The molecule has 2 heterocycles. The first kappa shape index (κ1) is 12.2. The molecule has 0 aromatic carbocycles. The van der Waals surface area contributed by atoms with Gasteiger partial charge < -0.3 is 0 Å². The quantitative estimate of drug-likeness (QED) is 0.758. The van der Waals surface area contributed by atoms with Crippen molar-refractivity contribution in [3.63, 3.8) is 0 Å². The maximum atomic E-state index is 6.28. The number of pyridine rings is 1. The molecule has 1 aliphatic rings. The van der Waals surface area contributed by atoms with Gasteiger partial charge in [-0.2, -0.15) is 0 Å². The van der Waals surface area contributed by atoms with Crippen LogP contribution in [0.3, 0.4) is 0 Å². The van der Waals surface area contributed by atoms with Crippen molar-refractivity contribution in [3.05, 3.63) is 29.0 Å². The van der Waals surface area contributed by atoms with Gasteiger partial charge in [-0.15, -0.1) is 11.6 Å². The second-order valence-corrected chi connectivity index (χ2v) is 5.45. The first-order valence-corrected chi connectivity index (χ1v) is 6.43. The van der Waals surface area contributed by atoms with E-state index < -0.39 is 0 Å². The normalized spacial score (nSPS) is 26.9. The zero-order valence-electron chi connectivity index (χ0n) is 9.37. The molecule has 1 fully saturated rings. The Kier molecular flexibility index (Phi) is 4.06. The van der Waals surface area contributed by atoms with Gasteiger partial charge in [0.15, 0.2) is 0 Å². The highest BCUT2D eigenvalue weighted by Crippen LogP contribution is 2.24.